The van der Waals surface area contributed by atoms with E-state index in [1.165, 1.54) is 26.4 Å². The van der Waals surface area contributed by atoms with Crippen molar-refractivity contribution in [3.8, 4) is 22.4 Å². The number of nitrogens with zero attached hydrogens (tertiary/aromatic N) is 3. The van der Waals surface area contributed by atoms with Crippen LogP contribution in [0.3, 0.4) is 0 Å². The Kier molecular flexibility index (Phi) is 14.1. The zero-order valence-corrected chi connectivity index (χ0v) is 38.3. The minimum Gasteiger partial charge on any atom is -0.453 e. The van der Waals surface area contributed by atoms with Crippen LogP contribution in [0, 0.1) is 29.5 Å². The smallest absolute Gasteiger partial charge is 0.407 e. The van der Waals surface area contributed by atoms with Crippen LogP contribution in [0.25, 0.3) is 38.9 Å². The van der Waals surface area contributed by atoms with E-state index in [0.717, 1.165) is 101 Å². The molecule has 3 N–H and O–H groups in total. The summed E-state index contributed by atoms with van der Waals surface area (Å²) in [5, 5.41) is 7.62. The number of allylic oxidation sites excluding steroid dienone is 1. The maximum atomic E-state index is 14.2. The number of aromatic amines is 1. The molecular weight excluding hydrogens is 836 g/mol. The van der Waals surface area contributed by atoms with Gasteiger partial charge in [-0.05, 0) is 114 Å². The number of likely N-dealkylation sites (tertiary alicyclic amines) is 1. The van der Waals surface area contributed by atoms with E-state index < -0.39 is 30.1 Å². The number of carbonyl (C=O) groups is 4. The fourth-order valence-corrected chi connectivity index (χ4v) is 10.1. The van der Waals surface area contributed by atoms with E-state index in [2.05, 4.69) is 89.3 Å². The van der Waals surface area contributed by atoms with Crippen LogP contribution in [0.2, 0.25) is 0 Å². The fraction of sp³-hybridized carbons (Fsp3) is 0.396. The van der Waals surface area contributed by atoms with Crippen molar-refractivity contribution in [2.24, 2.45) is 28.7 Å². The number of hydrogen-bond donors (Lipinski definition) is 3. The molecule has 66 heavy (non-hydrogen) atoms. The van der Waals surface area contributed by atoms with Gasteiger partial charge in [-0.15, -0.1) is 0 Å². The third kappa shape index (κ3) is 9.95. The molecule has 8 rings (SSSR count). The van der Waals surface area contributed by atoms with Crippen molar-refractivity contribution in [1.82, 2.24) is 25.5 Å². The maximum absolute atomic E-state index is 14.2. The number of methoxy groups -OCH3 is 2. The molecule has 344 valence electrons. The number of imidazole rings is 1. The third-order valence-electron chi connectivity index (χ3n) is 13.8. The lowest BCUT2D eigenvalue weighted by atomic mass is 9.67. The van der Waals surface area contributed by atoms with Crippen molar-refractivity contribution >= 4 is 46.1 Å². The largest absolute Gasteiger partial charge is 0.453 e. The van der Waals surface area contributed by atoms with Gasteiger partial charge in [-0.25, -0.2) is 19.0 Å². The number of H-pyrrole nitrogens is 1. The molecule has 1 aromatic heterocycles. The normalized spacial score (nSPS) is 20.7. The van der Waals surface area contributed by atoms with Crippen LogP contribution >= 0.6 is 0 Å². The second-order valence-electron chi connectivity index (χ2n) is 18.2. The first-order valence-corrected chi connectivity index (χ1v) is 23.2. The van der Waals surface area contributed by atoms with Crippen LogP contribution in [0.1, 0.15) is 101 Å². The second-order valence-corrected chi connectivity index (χ2v) is 18.2. The minimum absolute atomic E-state index is 0.00272. The van der Waals surface area contributed by atoms with Gasteiger partial charge < -0.3 is 30.0 Å². The Morgan fingerprint density at radius 2 is 1.45 bits per heavy atom. The van der Waals surface area contributed by atoms with E-state index in [-0.39, 0.29) is 41.4 Å². The minimum atomic E-state index is -0.941. The molecule has 6 unspecified atom stereocenters. The summed E-state index contributed by atoms with van der Waals surface area (Å²) >= 11 is 0. The van der Waals surface area contributed by atoms with Gasteiger partial charge >= 0.3 is 12.2 Å². The molecule has 5 aromatic rings. The van der Waals surface area contributed by atoms with Crippen molar-refractivity contribution in [2.75, 3.05) is 20.8 Å². The fourth-order valence-electron chi connectivity index (χ4n) is 10.1. The first kappa shape index (κ1) is 45.9. The zero-order chi connectivity index (χ0) is 46.5. The van der Waals surface area contributed by atoms with E-state index in [1.807, 2.05) is 24.9 Å². The lowest BCUT2D eigenvalue weighted by molar-refractivity contribution is -0.135. The van der Waals surface area contributed by atoms with E-state index >= 15 is 0 Å². The van der Waals surface area contributed by atoms with Crippen LogP contribution in [-0.4, -0.2) is 71.3 Å². The Labute approximate surface area is 385 Å². The van der Waals surface area contributed by atoms with Gasteiger partial charge in [0.1, 0.15) is 23.7 Å². The van der Waals surface area contributed by atoms with Crippen LogP contribution in [0.5, 0.6) is 0 Å². The molecule has 0 bridgehead atoms. The summed E-state index contributed by atoms with van der Waals surface area (Å²) in [5.74, 6) is -0.232. The van der Waals surface area contributed by atoms with Crippen molar-refractivity contribution in [2.45, 2.75) is 90.3 Å². The van der Waals surface area contributed by atoms with Crippen LogP contribution < -0.4 is 10.6 Å². The number of Topliss-reactive ketones (excluding diaryl/α,β-unsaturated/α-hetero) is 1. The van der Waals surface area contributed by atoms with E-state index in [4.69, 9.17) is 19.5 Å². The number of rotatable bonds is 12. The van der Waals surface area contributed by atoms with Crippen molar-refractivity contribution in [1.29, 1.82) is 0 Å². The zero-order valence-electron chi connectivity index (χ0n) is 38.3. The molecule has 2 aliphatic heterocycles. The Balaban J connectivity index is 0.951. The Morgan fingerprint density at radius 3 is 2.17 bits per heavy atom. The average Bonchev–Trinajstić information content (AvgIpc) is 3.97. The number of hydrogen-bond acceptors (Lipinski definition) is 8. The number of fused-ring (bicyclic) bond motifs is 1. The van der Waals surface area contributed by atoms with Gasteiger partial charge in [0.2, 0.25) is 5.91 Å². The number of benzene rings is 4. The molecule has 0 spiro atoms. The predicted octanol–water partition coefficient (Wildman–Crippen LogP) is 10.8. The molecule has 3 amide bonds. The number of halogens is 1. The van der Waals surface area contributed by atoms with Gasteiger partial charge in [-0.3, -0.25) is 14.6 Å². The van der Waals surface area contributed by atoms with Crippen molar-refractivity contribution < 1.29 is 33.0 Å². The predicted molar refractivity (Wildman–Crippen MR) is 254 cm³/mol. The maximum Gasteiger partial charge on any atom is 0.407 e. The van der Waals surface area contributed by atoms with E-state index in [9.17, 15) is 23.6 Å². The summed E-state index contributed by atoms with van der Waals surface area (Å²) in [7, 11) is 2.56. The highest BCUT2D eigenvalue weighted by Gasteiger charge is 2.41. The number of aliphatic imine (C=N–C) groups is 1. The topological polar surface area (TPSA) is 155 Å². The molecule has 13 heteroatoms. The summed E-state index contributed by atoms with van der Waals surface area (Å²) in [6, 6.07) is 25.2. The van der Waals surface area contributed by atoms with Crippen LogP contribution in [0.4, 0.5) is 14.0 Å². The summed E-state index contributed by atoms with van der Waals surface area (Å²) in [5.41, 5.74) is 7.69. The van der Waals surface area contributed by atoms with Gasteiger partial charge in [0, 0.05) is 29.7 Å². The number of carbonyl (C=O) groups excluding carboxylic acids is 4. The molecule has 0 radical (unpaired) electrons. The molecule has 3 heterocycles. The summed E-state index contributed by atoms with van der Waals surface area (Å²) in [4.78, 5) is 67.6. The first-order chi connectivity index (χ1) is 31.9. The van der Waals surface area contributed by atoms with Gasteiger partial charge in [-0.1, -0.05) is 93.9 Å². The molecule has 6 atom stereocenters. The van der Waals surface area contributed by atoms with Crippen molar-refractivity contribution in [3.63, 3.8) is 0 Å². The SMILES string of the molecule is COC(=O)NC(C(=O)C1CCCC(C2=NC(c3ccc(-c4ccc5cc(-c6cnc(C7CCCN7C(=O)C(NC(=O)OC)C(C)C)[nH]6)ccc5c4)cc3)=CCCC2)C1C)c1ccc(F)cc1. The Morgan fingerprint density at radius 1 is 0.788 bits per heavy atom. The highest BCUT2D eigenvalue weighted by molar-refractivity contribution is 5.95. The molecular formula is C53H59FN6O6. The molecule has 12 nitrogen and oxygen atoms in total. The molecule has 3 aliphatic rings. The average molecular weight is 895 g/mol. The third-order valence-corrected chi connectivity index (χ3v) is 13.8. The van der Waals surface area contributed by atoms with Crippen LogP contribution in [0.15, 0.2) is 102 Å². The van der Waals surface area contributed by atoms with Gasteiger partial charge in [0.15, 0.2) is 5.78 Å². The molecule has 1 aliphatic carbocycles. The number of amides is 3. The number of ether oxygens (including phenoxy) is 2. The second kappa shape index (κ2) is 20.3. The first-order valence-electron chi connectivity index (χ1n) is 23.2. The summed E-state index contributed by atoms with van der Waals surface area (Å²) < 4.78 is 23.5. The monoisotopic (exact) mass is 894 g/mol. The number of ketones is 1. The highest BCUT2D eigenvalue weighted by Crippen LogP contribution is 2.41. The molecule has 4 aromatic carbocycles. The van der Waals surface area contributed by atoms with Gasteiger partial charge in [0.05, 0.1) is 37.8 Å². The standard InChI is InChI=1S/C53H59FN6O6/c1-31(2)47(58-52(63)65-4)51(62)60-27-9-14-46(60)50-55-30-45(57-50)39-22-21-37-28-36(19-20-38(37)29-39)33-15-17-34(18-16-33)43-12-6-7-13-44(56-43)41-10-8-11-42(32(41)3)49(61)48(59-53(64)66-5)35-23-25-40(54)26-24-35/h12,15-26,28-32,41-42,46-48H,6-11,13-14,27H2,1-5H3,(H,55,57)(H,58,63)(H,59,64). The Hall–Kier alpha value is -6.63. The lowest BCUT2D eigenvalue weighted by Crippen LogP contribution is -2.51. The van der Waals surface area contributed by atoms with Crippen LogP contribution in [-0.2, 0) is 19.1 Å². The molecule has 1 saturated carbocycles. The van der Waals surface area contributed by atoms with Gasteiger partial charge in [-0.2, -0.15) is 0 Å². The summed E-state index contributed by atoms with van der Waals surface area (Å²) in [6.07, 6.45) is 9.58. The molecule has 2 fully saturated rings. The van der Waals surface area contributed by atoms with E-state index in [0.29, 0.717) is 18.5 Å². The van der Waals surface area contributed by atoms with Crippen molar-refractivity contribution in [3.05, 3.63) is 120 Å². The van der Waals surface area contributed by atoms with Gasteiger partial charge in [0.25, 0.3) is 0 Å². The number of nitrogens with one attached hydrogen (secondary N) is 3. The Bertz CT molecular complexity index is 2640. The summed E-state index contributed by atoms with van der Waals surface area (Å²) in [6.45, 7) is 6.53. The highest BCUT2D eigenvalue weighted by atomic mass is 19.1. The molecule has 1 saturated heterocycles. The lowest BCUT2D eigenvalue weighted by Gasteiger charge is -2.37. The number of aromatic nitrogens is 2. The number of alkyl carbamates (subject to hydrolysis) is 2. The van der Waals surface area contributed by atoms with E-state index in [1.54, 1.807) is 12.1 Å². The quantitative estimate of drug-likeness (QED) is 0.113.